The molecule has 6 nitrogen and oxygen atoms in total. The van der Waals surface area contributed by atoms with E-state index < -0.39 is 0 Å². The normalized spacial score (nSPS) is 15.3. The first-order chi connectivity index (χ1) is 10.1. The summed E-state index contributed by atoms with van der Waals surface area (Å²) in [4.78, 5) is 16.0. The van der Waals surface area contributed by atoms with Gasteiger partial charge in [0.2, 0.25) is 5.91 Å². The highest BCUT2D eigenvalue weighted by atomic mass is 16.5. The molecule has 1 heterocycles. The van der Waals surface area contributed by atoms with E-state index in [1.165, 1.54) is 0 Å². The van der Waals surface area contributed by atoms with E-state index in [9.17, 15) is 9.90 Å². The fourth-order valence-electron chi connectivity index (χ4n) is 2.41. The summed E-state index contributed by atoms with van der Waals surface area (Å²) >= 11 is 0. The SMILES string of the molecule is COc1ccc(O)c(CN(C)CC(=O)N2CCNCC2)c1. The summed E-state index contributed by atoms with van der Waals surface area (Å²) in [5.74, 6) is 1.04. The molecular formula is C15H23N3O3. The van der Waals surface area contributed by atoms with Crippen LogP contribution in [0.4, 0.5) is 0 Å². The summed E-state index contributed by atoms with van der Waals surface area (Å²) in [5, 5.41) is 13.1. The number of piperazine rings is 1. The molecule has 1 saturated heterocycles. The number of likely N-dealkylation sites (N-methyl/N-ethyl adjacent to an activating group) is 1. The van der Waals surface area contributed by atoms with Crippen LogP contribution in [-0.2, 0) is 11.3 Å². The zero-order valence-electron chi connectivity index (χ0n) is 12.6. The van der Waals surface area contributed by atoms with Crippen LogP contribution in [0.25, 0.3) is 0 Å². The van der Waals surface area contributed by atoms with Gasteiger partial charge in [0.25, 0.3) is 0 Å². The summed E-state index contributed by atoms with van der Waals surface area (Å²) in [5.41, 5.74) is 0.755. The summed E-state index contributed by atoms with van der Waals surface area (Å²) in [6.07, 6.45) is 0. The lowest BCUT2D eigenvalue weighted by atomic mass is 10.1. The Bertz CT molecular complexity index is 487. The number of ether oxygens (including phenoxy) is 1. The smallest absolute Gasteiger partial charge is 0.236 e. The molecule has 2 N–H and O–H groups in total. The van der Waals surface area contributed by atoms with Crippen molar-refractivity contribution in [3.8, 4) is 11.5 Å². The molecule has 1 fully saturated rings. The Morgan fingerprint density at radius 3 is 2.81 bits per heavy atom. The summed E-state index contributed by atoms with van der Waals surface area (Å²) in [6, 6.07) is 5.12. The van der Waals surface area contributed by atoms with Gasteiger partial charge in [-0.3, -0.25) is 9.69 Å². The topological polar surface area (TPSA) is 65.0 Å². The Balaban J connectivity index is 1.91. The van der Waals surface area contributed by atoms with Crippen molar-refractivity contribution in [1.29, 1.82) is 0 Å². The molecule has 1 aromatic rings. The minimum Gasteiger partial charge on any atom is -0.508 e. The quantitative estimate of drug-likeness (QED) is 0.815. The number of benzene rings is 1. The second kappa shape index (κ2) is 7.28. The molecule has 0 aliphatic carbocycles. The molecule has 1 amide bonds. The maximum Gasteiger partial charge on any atom is 0.236 e. The Morgan fingerprint density at radius 1 is 1.43 bits per heavy atom. The molecule has 2 rings (SSSR count). The highest BCUT2D eigenvalue weighted by Crippen LogP contribution is 2.23. The fraction of sp³-hybridized carbons (Fsp3) is 0.533. The van der Waals surface area contributed by atoms with Gasteiger partial charge < -0.3 is 20.1 Å². The predicted molar refractivity (Wildman–Crippen MR) is 80.4 cm³/mol. The van der Waals surface area contributed by atoms with E-state index >= 15 is 0 Å². The molecule has 0 spiro atoms. The van der Waals surface area contributed by atoms with Crippen LogP contribution >= 0.6 is 0 Å². The first kappa shape index (κ1) is 15.6. The number of rotatable bonds is 5. The Hall–Kier alpha value is -1.79. The van der Waals surface area contributed by atoms with Crippen molar-refractivity contribution >= 4 is 5.91 Å². The predicted octanol–water partition coefficient (Wildman–Crippen LogP) is 0.264. The van der Waals surface area contributed by atoms with Gasteiger partial charge in [0.05, 0.1) is 13.7 Å². The van der Waals surface area contributed by atoms with Crippen LogP contribution < -0.4 is 10.1 Å². The number of hydrogen-bond donors (Lipinski definition) is 2. The maximum atomic E-state index is 12.2. The van der Waals surface area contributed by atoms with Crippen LogP contribution in [0.2, 0.25) is 0 Å². The first-order valence-electron chi connectivity index (χ1n) is 7.13. The number of phenolic OH excluding ortho intramolecular Hbond substituents is 1. The van der Waals surface area contributed by atoms with Crippen LogP contribution in [0.3, 0.4) is 0 Å². The van der Waals surface area contributed by atoms with Gasteiger partial charge in [-0.25, -0.2) is 0 Å². The Kier molecular flexibility index (Phi) is 5.41. The van der Waals surface area contributed by atoms with Crippen molar-refractivity contribution in [2.24, 2.45) is 0 Å². The number of carbonyl (C=O) groups is 1. The van der Waals surface area contributed by atoms with E-state index in [-0.39, 0.29) is 11.7 Å². The molecule has 0 aromatic heterocycles. The van der Waals surface area contributed by atoms with Crippen LogP contribution in [0, 0.1) is 0 Å². The average molecular weight is 293 g/mol. The van der Waals surface area contributed by atoms with E-state index in [4.69, 9.17) is 4.74 Å². The third-order valence-corrected chi connectivity index (χ3v) is 3.60. The number of phenols is 1. The van der Waals surface area contributed by atoms with Crippen LogP contribution in [0.1, 0.15) is 5.56 Å². The van der Waals surface area contributed by atoms with Crippen LogP contribution in [0.15, 0.2) is 18.2 Å². The Morgan fingerprint density at radius 2 is 2.14 bits per heavy atom. The average Bonchev–Trinajstić information content (AvgIpc) is 2.50. The van der Waals surface area contributed by atoms with Gasteiger partial charge >= 0.3 is 0 Å². The highest BCUT2D eigenvalue weighted by molar-refractivity contribution is 5.78. The van der Waals surface area contributed by atoms with Crippen molar-refractivity contribution in [2.45, 2.75) is 6.54 Å². The first-order valence-corrected chi connectivity index (χ1v) is 7.13. The molecule has 6 heteroatoms. The molecular weight excluding hydrogens is 270 g/mol. The zero-order chi connectivity index (χ0) is 15.2. The second-order valence-electron chi connectivity index (χ2n) is 5.30. The van der Waals surface area contributed by atoms with E-state index in [2.05, 4.69) is 5.32 Å². The number of hydrogen-bond acceptors (Lipinski definition) is 5. The van der Waals surface area contributed by atoms with Gasteiger partial charge in [0.15, 0.2) is 0 Å². The summed E-state index contributed by atoms with van der Waals surface area (Å²) in [7, 11) is 3.47. The van der Waals surface area contributed by atoms with Gasteiger partial charge in [-0.2, -0.15) is 0 Å². The monoisotopic (exact) mass is 293 g/mol. The van der Waals surface area contributed by atoms with Gasteiger partial charge in [-0.15, -0.1) is 0 Å². The van der Waals surface area contributed by atoms with Gasteiger partial charge in [-0.1, -0.05) is 0 Å². The summed E-state index contributed by atoms with van der Waals surface area (Å²) in [6.45, 7) is 4.07. The third-order valence-electron chi connectivity index (χ3n) is 3.60. The van der Waals surface area contributed by atoms with Crippen molar-refractivity contribution in [2.75, 3.05) is 46.9 Å². The summed E-state index contributed by atoms with van der Waals surface area (Å²) < 4.78 is 5.16. The molecule has 21 heavy (non-hydrogen) atoms. The minimum atomic E-state index is 0.126. The molecule has 116 valence electrons. The number of amides is 1. The lowest BCUT2D eigenvalue weighted by molar-refractivity contribution is -0.132. The minimum absolute atomic E-state index is 0.126. The van der Waals surface area contributed by atoms with Crippen molar-refractivity contribution in [3.63, 3.8) is 0 Å². The number of nitrogens with one attached hydrogen (secondary N) is 1. The van der Waals surface area contributed by atoms with Crippen LogP contribution in [-0.4, -0.2) is 67.7 Å². The molecule has 0 saturated carbocycles. The number of carbonyl (C=O) groups excluding carboxylic acids is 1. The van der Waals surface area contributed by atoms with Gasteiger partial charge in [0, 0.05) is 38.3 Å². The second-order valence-corrected chi connectivity index (χ2v) is 5.30. The number of aromatic hydroxyl groups is 1. The van der Waals surface area contributed by atoms with Crippen molar-refractivity contribution in [1.82, 2.24) is 15.1 Å². The standard InChI is InChI=1S/C15H23N3O3/c1-17(11-15(20)18-7-5-16-6-8-18)10-12-9-13(21-2)3-4-14(12)19/h3-4,9,16,19H,5-8,10-11H2,1-2H3. The van der Waals surface area contributed by atoms with E-state index in [1.54, 1.807) is 25.3 Å². The lowest BCUT2D eigenvalue weighted by Crippen LogP contribution is -2.49. The number of methoxy groups -OCH3 is 1. The lowest BCUT2D eigenvalue weighted by Gasteiger charge is -2.29. The molecule has 0 unspecified atom stereocenters. The molecule has 1 aliphatic rings. The van der Waals surface area contributed by atoms with Crippen LogP contribution in [0.5, 0.6) is 11.5 Å². The molecule has 1 aromatic carbocycles. The Labute approximate surface area is 125 Å². The highest BCUT2D eigenvalue weighted by Gasteiger charge is 2.18. The molecule has 1 aliphatic heterocycles. The fourth-order valence-corrected chi connectivity index (χ4v) is 2.41. The molecule has 0 bridgehead atoms. The zero-order valence-corrected chi connectivity index (χ0v) is 12.6. The maximum absolute atomic E-state index is 12.2. The van der Waals surface area contributed by atoms with Gasteiger partial charge in [-0.05, 0) is 25.2 Å². The van der Waals surface area contributed by atoms with E-state index in [0.717, 1.165) is 31.7 Å². The third kappa shape index (κ3) is 4.34. The molecule has 0 radical (unpaired) electrons. The van der Waals surface area contributed by atoms with E-state index in [0.29, 0.717) is 18.8 Å². The van der Waals surface area contributed by atoms with Crippen molar-refractivity contribution in [3.05, 3.63) is 23.8 Å². The van der Waals surface area contributed by atoms with E-state index in [1.807, 2.05) is 16.8 Å². The van der Waals surface area contributed by atoms with Gasteiger partial charge in [0.1, 0.15) is 11.5 Å². The molecule has 0 atom stereocenters. The number of nitrogens with zero attached hydrogens (tertiary/aromatic N) is 2. The van der Waals surface area contributed by atoms with Crippen molar-refractivity contribution < 1.29 is 14.6 Å². The largest absolute Gasteiger partial charge is 0.508 e.